The Labute approximate surface area is 197 Å². The third-order valence-corrected chi connectivity index (χ3v) is 6.47. The van der Waals surface area contributed by atoms with Crippen LogP contribution < -0.4 is 14.8 Å². The highest BCUT2D eigenvalue weighted by atomic mass is 16.6. The second kappa shape index (κ2) is 9.44. The van der Waals surface area contributed by atoms with E-state index in [0.29, 0.717) is 36.8 Å². The number of aliphatic hydroxyl groups excluding tert-OH is 1. The fourth-order valence-corrected chi connectivity index (χ4v) is 4.61. The maximum Gasteiger partial charge on any atom is 0.292 e. The first-order valence-electron chi connectivity index (χ1n) is 11.6. The minimum Gasteiger partial charge on any atom is -0.486 e. The molecule has 0 spiro atoms. The van der Waals surface area contributed by atoms with E-state index >= 15 is 0 Å². The number of benzene rings is 2. The molecule has 1 saturated heterocycles. The van der Waals surface area contributed by atoms with Crippen molar-refractivity contribution in [3.05, 3.63) is 53.7 Å². The van der Waals surface area contributed by atoms with Crippen molar-refractivity contribution in [3.8, 4) is 11.5 Å². The van der Waals surface area contributed by atoms with Crippen LogP contribution in [0.25, 0.3) is 10.9 Å². The topological polar surface area (TPSA) is 106 Å². The van der Waals surface area contributed by atoms with Crippen molar-refractivity contribution < 1.29 is 24.2 Å². The smallest absolute Gasteiger partial charge is 0.292 e. The van der Waals surface area contributed by atoms with Gasteiger partial charge in [-0.15, -0.1) is 0 Å². The molecule has 9 heteroatoms. The molecular formula is C25H28N4O5. The molecular weight excluding hydrogens is 436 g/mol. The Morgan fingerprint density at radius 3 is 2.65 bits per heavy atom. The predicted octanol–water partition coefficient (Wildman–Crippen LogP) is 1.84. The SMILES string of the molecule is Cn1ncc2cc(C(=O)C(=O)N[C@H](CN3CCCC3)[C@H](O)c3ccc4c(c3)OCCO4)ccc21. The van der Waals surface area contributed by atoms with Gasteiger partial charge in [0, 0.05) is 24.5 Å². The Morgan fingerprint density at radius 2 is 1.85 bits per heavy atom. The summed E-state index contributed by atoms with van der Waals surface area (Å²) in [7, 11) is 1.82. The summed E-state index contributed by atoms with van der Waals surface area (Å²) in [5, 5.41) is 19.0. The number of carbonyl (C=O) groups excluding carboxylic acids is 2. The fraction of sp³-hybridized carbons (Fsp3) is 0.400. The van der Waals surface area contributed by atoms with E-state index in [2.05, 4.69) is 15.3 Å². The van der Waals surface area contributed by atoms with Crippen LogP contribution in [0.3, 0.4) is 0 Å². The summed E-state index contributed by atoms with van der Waals surface area (Å²) in [5.41, 5.74) is 1.75. The molecule has 1 fully saturated rings. The van der Waals surface area contributed by atoms with E-state index in [1.54, 1.807) is 47.3 Å². The quantitative estimate of drug-likeness (QED) is 0.406. The van der Waals surface area contributed by atoms with Gasteiger partial charge in [-0.1, -0.05) is 6.07 Å². The van der Waals surface area contributed by atoms with Crippen molar-refractivity contribution in [2.75, 3.05) is 32.8 Å². The van der Waals surface area contributed by atoms with Crippen LogP contribution in [0.1, 0.15) is 34.9 Å². The van der Waals surface area contributed by atoms with Crippen LogP contribution in [0.15, 0.2) is 42.6 Å². The van der Waals surface area contributed by atoms with Crippen LogP contribution in [0.5, 0.6) is 11.5 Å². The number of hydrogen-bond donors (Lipinski definition) is 2. The van der Waals surface area contributed by atoms with Gasteiger partial charge in [-0.3, -0.25) is 14.3 Å². The number of aromatic nitrogens is 2. The summed E-state index contributed by atoms with van der Waals surface area (Å²) in [6.45, 7) is 3.15. The van der Waals surface area contributed by atoms with Gasteiger partial charge in [-0.05, 0) is 61.8 Å². The van der Waals surface area contributed by atoms with Crippen molar-refractivity contribution in [2.45, 2.75) is 25.0 Å². The summed E-state index contributed by atoms with van der Waals surface area (Å²) >= 11 is 0. The number of fused-ring (bicyclic) bond motifs is 2. The molecule has 2 atom stereocenters. The van der Waals surface area contributed by atoms with Crippen LogP contribution in [0, 0.1) is 0 Å². The Kier molecular flexibility index (Phi) is 6.21. The molecule has 3 aromatic rings. The fourth-order valence-electron chi connectivity index (χ4n) is 4.61. The Morgan fingerprint density at radius 1 is 1.09 bits per heavy atom. The average Bonchev–Trinajstić information content (AvgIpc) is 3.51. The first kappa shape index (κ1) is 22.4. The third-order valence-electron chi connectivity index (χ3n) is 6.47. The van der Waals surface area contributed by atoms with E-state index < -0.39 is 23.8 Å². The standard InChI is InChI=1S/C25H28N4O5/c1-28-20-6-4-16(12-18(20)14-26-28)24(31)25(32)27-19(15-29-8-2-3-9-29)23(30)17-5-7-21-22(13-17)34-11-10-33-21/h4-7,12-14,19,23,30H,2-3,8-11,15H2,1H3,(H,27,32)/t19-,23-/m1/s1. The van der Waals surface area contributed by atoms with E-state index in [1.807, 2.05) is 7.05 Å². The summed E-state index contributed by atoms with van der Waals surface area (Å²) in [5.74, 6) is -0.200. The molecule has 2 N–H and O–H groups in total. The molecule has 34 heavy (non-hydrogen) atoms. The van der Waals surface area contributed by atoms with Gasteiger partial charge < -0.3 is 24.8 Å². The van der Waals surface area contributed by atoms with Crippen LogP contribution in [-0.2, 0) is 11.8 Å². The number of amides is 1. The number of aryl methyl sites for hydroxylation is 1. The summed E-state index contributed by atoms with van der Waals surface area (Å²) in [6.07, 6.45) is 2.79. The number of Topliss-reactive ketones (excluding diaryl/α,β-unsaturated/α-hetero) is 1. The monoisotopic (exact) mass is 464 g/mol. The number of hydrogen-bond acceptors (Lipinski definition) is 7. The van der Waals surface area contributed by atoms with E-state index in [1.165, 1.54) is 0 Å². The highest BCUT2D eigenvalue weighted by Gasteiger charge is 2.30. The van der Waals surface area contributed by atoms with Gasteiger partial charge in [0.1, 0.15) is 19.3 Å². The van der Waals surface area contributed by atoms with Crippen molar-refractivity contribution >= 4 is 22.6 Å². The van der Waals surface area contributed by atoms with Crippen molar-refractivity contribution in [1.82, 2.24) is 20.0 Å². The molecule has 1 amide bonds. The minimum absolute atomic E-state index is 0.284. The van der Waals surface area contributed by atoms with E-state index in [4.69, 9.17) is 9.47 Å². The Balaban J connectivity index is 1.36. The second-order valence-electron chi connectivity index (χ2n) is 8.81. The van der Waals surface area contributed by atoms with Gasteiger partial charge in [0.05, 0.1) is 17.8 Å². The number of carbonyl (C=O) groups is 2. The van der Waals surface area contributed by atoms with Crippen molar-refractivity contribution in [3.63, 3.8) is 0 Å². The molecule has 178 valence electrons. The second-order valence-corrected chi connectivity index (χ2v) is 8.81. The molecule has 2 aliphatic heterocycles. The molecule has 0 aliphatic carbocycles. The number of nitrogens with zero attached hydrogens (tertiary/aromatic N) is 3. The largest absolute Gasteiger partial charge is 0.486 e. The van der Waals surface area contributed by atoms with Gasteiger partial charge in [0.2, 0.25) is 5.78 Å². The Hall–Kier alpha value is -3.43. The summed E-state index contributed by atoms with van der Waals surface area (Å²) in [6, 6.07) is 9.65. The lowest BCUT2D eigenvalue weighted by Gasteiger charge is -2.29. The molecule has 0 unspecified atom stereocenters. The number of ether oxygens (including phenoxy) is 2. The lowest BCUT2D eigenvalue weighted by molar-refractivity contribution is -0.118. The van der Waals surface area contributed by atoms with Crippen LogP contribution >= 0.6 is 0 Å². The number of aliphatic hydroxyl groups is 1. The minimum atomic E-state index is -1.02. The van der Waals surface area contributed by atoms with Gasteiger partial charge >= 0.3 is 0 Å². The molecule has 2 aromatic carbocycles. The van der Waals surface area contributed by atoms with Crippen molar-refractivity contribution in [1.29, 1.82) is 0 Å². The highest BCUT2D eigenvalue weighted by molar-refractivity contribution is 6.43. The van der Waals surface area contributed by atoms with Crippen LogP contribution in [-0.4, -0.2) is 70.4 Å². The van der Waals surface area contributed by atoms with Gasteiger partial charge in [0.15, 0.2) is 11.5 Å². The molecule has 2 aliphatic rings. The average molecular weight is 465 g/mol. The zero-order valence-electron chi connectivity index (χ0n) is 19.1. The van der Waals surface area contributed by atoms with E-state index in [0.717, 1.165) is 36.8 Å². The van der Waals surface area contributed by atoms with E-state index in [-0.39, 0.29) is 5.56 Å². The van der Waals surface area contributed by atoms with Gasteiger partial charge in [0.25, 0.3) is 5.91 Å². The molecule has 0 saturated carbocycles. The molecule has 5 rings (SSSR count). The number of rotatable bonds is 7. The molecule has 9 nitrogen and oxygen atoms in total. The number of likely N-dealkylation sites (tertiary alicyclic amines) is 1. The summed E-state index contributed by atoms with van der Waals surface area (Å²) < 4.78 is 12.9. The molecule has 0 radical (unpaired) electrons. The molecule has 3 heterocycles. The maximum atomic E-state index is 13.0. The molecule has 1 aromatic heterocycles. The Bertz CT molecular complexity index is 1220. The number of nitrogens with one attached hydrogen (secondary N) is 1. The van der Waals surface area contributed by atoms with Gasteiger partial charge in [-0.2, -0.15) is 5.10 Å². The predicted molar refractivity (Wildman–Crippen MR) is 125 cm³/mol. The van der Waals surface area contributed by atoms with Crippen LogP contribution in [0.4, 0.5) is 0 Å². The zero-order chi connectivity index (χ0) is 23.7. The third kappa shape index (κ3) is 4.49. The first-order chi connectivity index (χ1) is 16.5. The molecule has 0 bridgehead atoms. The van der Waals surface area contributed by atoms with Crippen LogP contribution in [0.2, 0.25) is 0 Å². The normalized spacial score (nSPS) is 17.5. The van der Waals surface area contributed by atoms with Crippen molar-refractivity contribution in [2.24, 2.45) is 7.05 Å². The summed E-state index contributed by atoms with van der Waals surface area (Å²) in [4.78, 5) is 28.1. The lowest BCUT2D eigenvalue weighted by atomic mass is 10.00. The zero-order valence-corrected chi connectivity index (χ0v) is 19.1. The number of ketones is 1. The lowest BCUT2D eigenvalue weighted by Crippen LogP contribution is -2.48. The highest BCUT2D eigenvalue weighted by Crippen LogP contribution is 2.33. The van der Waals surface area contributed by atoms with E-state index in [9.17, 15) is 14.7 Å². The van der Waals surface area contributed by atoms with Gasteiger partial charge in [-0.25, -0.2) is 0 Å². The first-order valence-corrected chi connectivity index (χ1v) is 11.6. The maximum absolute atomic E-state index is 13.0.